The molecule has 0 unspecified atom stereocenters. The Kier molecular flexibility index (Phi) is 5.35. The maximum Gasteiger partial charge on any atom is 0.343 e. The number of nitrogens with zero attached hydrogens (tertiary/aromatic N) is 4. The molecule has 0 saturated carbocycles. The van der Waals surface area contributed by atoms with Gasteiger partial charge in [-0.05, 0) is 54.8 Å². The highest BCUT2D eigenvalue weighted by Gasteiger charge is 2.20. The summed E-state index contributed by atoms with van der Waals surface area (Å²) in [6.07, 6.45) is 6.83. The minimum atomic E-state index is -0.440. The zero-order valence-corrected chi connectivity index (χ0v) is 17.9. The predicted molar refractivity (Wildman–Crippen MR) is 122 cm³/mol. The Labute approximate surface area is 189 Å². The third-order valence-corrected chi connectivity index (χ3v) is 5.57. The average Bonchev–Trinajstić information content (AvgIpc) is 3.44. The lowest BCUT2D eigenvalue weighted by Gasteiger charge is -2.11. The smallest absolute Gasteiger partial charge is 0.343 e. The first-order valence-electron chi connectivity index (χ1n) is 10.4. The first-order valence-corrected chi connectivity index (χ1v) is 10.4. The number of aromatic nitrogens is 3. The molecule has 0 bridgehead atoms. The van der Waals surface area contributed by atoms with E-state index in [2.05, 4.69) is 26.3 Å². The number of oxime groups is 1. The lowest BCUT2D eigenvalue weighted by molar-refractivity contribution is -0.142. The largest absolute Gasteiger partial charge is 0.482 e. The van der Waals surface area contributed by atoms with E-state index in [1.165, 1.54) is 7.11 Å². The number of hydrogen-bond donors (Lipinski definition) is 2. The number of methoxy groups -OCH3 is 1. The number of nitrogens with one attached hydrogen (secondary N) is 1. The molecule has 4 aromatic rings. The third kappa shape index (κ3) is 3.96. The monoisotopic (exact) mass is 443 g/mol. The van der Waals surface area contributed by atoms with Crippen molar-refractivity contribution in [3.8, 4) is 17.0 Å². The van der Waals surface area contributed by atoms with Crippen molar-refractivity contribution in [3.05, 3.63) is 72.2 Å². The van der Waals surface area contributed by atoms with Crippen LogP contribution in [0.3, 0.4) is 0 Å². The molecule has 9 heteroatoms. The van der Waals surface area contributed by atoms with Crippen LogP contribution >= 0.6 is 0 Å². The number of ether oxygens (including phenoxy) is 2. The first kappa shape index (κ1) is 20.5. The topological polar surface area (TPSA) is 110 Å². The van der Waals surface area contributed by atoms with Gasteiger partial charge in [0.15, 0.2) is 12.3 Å². The summed E-state index contributed by atoms with van der Waals surface area (Å²) in [5, 5.41) is 16.1. The van der Waals surface area contributed by atoms with E-state index in [4.69, 9.17) is 9.72 Å². The van der Waals surface area contributed by atoms with Crippen LogP contribution in [0.5, 0.6) is 5.75 Å². The van der Waals surface area contributed by atoms with Crippen molar-refractivity contribution in [2.24, 2.45) is 5.16 Å². The van der Waals surface area contributed by atoms with Crippen molar-refractivity contribution in [2.75, 3.05) is 19.0 Å². The summed E-state index contributed by atoms with van der Waals surface area (Å²) >= 11 is 0. The molecule has 2 aromatic carbocycles. The van der Waals surface area contributed by atoms with Crippen LogP contribution in [-0.4, -0.2) is 45.0 Å². The SMILES string of the molecule is COC(=O)COc1ccc(-c2nc3cnccn3c2Nc2ccc3c(c2)CC/C3=N\O)cc1. The maximum absolute atomic E-state index is 11.3. The van der Waals surface area contributed by atoms with E-state index in [0.29, 0.717) is 17.1 Å². The molecular formula is C24H21N5O4. The second-order valence-corrected chi connectivity index (χ2v) is 7.55. The van der Waals surface area contributed by atoms with Gasteiger partial charge in [0.1, 0.15) is 17.3 Å². The zero-order valence-electron chi connectivity index (χ0n) is 17.9. The number of aryl methyl sites for hydroxylation is 1. The van der Waals surface area contributed by atoms with Gasteiger partial charge in [-0.3, -0.25) is 9.38 Å². The molecule has 9 nitrogen and oxygen atoms in total. The van der Waals surface area contributed by atoms with E-state index in [9.17, 15) is 10.0 Å². The zero-order chi connectivity index (χ0) is 22.8. The van der Waals surface area contributed by atoms with E-state index in [1.807, 2.05) is 34.9 Å². The number of rotatable bonds is 6. The van der Waals surface area contributed by atoms with Crippen molar-refractivity contribution in [1.82, 2.24) is 14.4 Å². The molecule has 33 heavy (non-hydrogen) atoms. The fourth-order valence-electron chi connectivity index (χ4n) is 3.93. The molecule has 0 radical (unpaired) electrons. The molecule has 1 aliphatic carbocycles. The summed E-state index contributed by atoms with van der Waals surface area (Å²) in [4.78, 5) is 20.3. The molecule has 1 aliphatic rings. The minimum Gasteiger partial charge on any atom is -0.482 e. The van der Waals surface area contributed by atoms with E-state index in [-0.39, 0.29) is 6.61 Å². The number of hydrogen-bond acceptors (Lipinski definition) is 8. The minimum absolute atomic E-state index is 0.149. The Morgan fingerprint density at radius 3 is 2.85 bits per heavy atom. The standard InChI is InChI=1S/C24H21N5O4/c1-32-22(30)14-33-18-6-2-15(3-7-18)23-24(29-11-10-25-13-21(29)27-23)26-17-5-8-19-16(12-17)4-9-20(19)28-31/h2-3,5-8,10-13,26,31H,4,9,14H2,1H3/b28-20+. The molecule has 0 fully saturated rings. The summed E-state index contributed by atoms with van der Waals surface area (Å²) in [5.41, 5.74) is 6.07. The fraction of sp³-hybridized carbons (Fsp3) is 0.167. The number of esters is 1. The molecule has 0 aliphatic heterocycles. The van der Waals surface area contributed by atoms with Gasteiger partial charge in [0.05, 0.1) is 19.0 Å². The van der Waals surface area contributed by atoms with Gasteiger partial charge in [-0.1, -0.05) is 11.2 Å². The number of anilines is 2. The molecule has 5 rings (SSSR count). The Balaban J connectivity index is 1.48. The van der Waals surface area contributed by atoms with Crippen LogP contribution < -0.4 is 10.1 Å². The quantitative estimate of drug-likeness (QED) is 0.265. The predicted octanol–water partition coefficient (Wildman–Crippen LogP) is 3.82. The second-order valence-electron chi connectivity index (χ2n) is 7.55. The van der Waals surface area contributed by atoms with Crippen molar-refractivity contribution in [2.45, 2.75) is 12.8 Å². The van der Waals surface area contributed by atoms with Crippen molar-refractivity contribution in [1.29, 1.82) is 0 Å². The van der Waals surface area contributed by atoms with Crippen LogP contribution in [0.1, 0.15) is 17.5 Å². The van der Waals surface area contributed by atoms with Gasteiger partial charge in [0.25, 0.3) is 0 Å². The average molecular weight is 443 g/mol. The normalized spacial score (nSPS) is 13.8. The van der Waals surface area contributed by atoms with Gasteiger partial charge < -0.3 is 20.0 Å². The van der Waals surface area contributed by atoms with Crippen molar-refractivity contribution in [3.63, 3.8) is 0 Å². The van der Waals surface area contributed by atoms with Gasteiger partial charge in [-0.2, -0.15) is 0 Å². The Hall–Kier alpha value is -4.40. The molecule has 2 N–H and O–H groups in total. The molecule has 166 valence electrons. The molecule has 0 amide bonds. The molecule has 2 heterocycles. The highest BCUT2D eigenvalue weighted by Crippen LogP contribution is 2.33. The number of carbonyl (C=O) groups is 1. The van der Waals surface area contributed by atoms with E-state index in [1.54, 1.807) is 24.5 Å². The van der Waals surface area contributed by atoms with E-state index >= 15 is 0 Å². The van der Waals surface area contributed by atoms with E-state index < -0.39 is 5.97 Å². The second kappa shape index (κ2) is 8.62. The first-order chi connectivity index (χ1) is 16.2. The van der Waals surface area contributed by atoms with Crippen molar-refractivity contribution < 1.29 is 19.5 Å². The molecule has 2 aromatic heterocycles. The van der Waals surface area contributed by atoms with Crippen molar-refractivity contribution >= 4 is 28.8 Å². The number of benzene rings is 2. The Bertz CT molecular complexity index is 1360. The van der Waals surface area contributed by atoms with Gasteiger partial charge >= 0.3 is 5.97 Å². The van der Waals surface area contributed by atoms with Crippen LogP contribution in [0.4, 0.5) is 11.5 Å². The van der Waals surface area contributed by atoms with Gasteiger partial charge in [-0.15, -0.1) is 0 Å². The number of imidazole rings is 1. The summed E-state index contributed by atoms with van der Waals surface area (Å²) in [7, 11) is 1.32. The van der Waals surface area contributed by atoms with Gasteiger partial charge in [-0.25, -0.2) is 9.78 Å². The lowest BCUT2D eigenvalue weighted by Crippen LogP contribution is -2.12. The summed E-state index contributed by atoms with van der Waals surface area (Å²) < 4.78 is 12.0. The highest BCUT2D eigenvalue weighted by atomic mass is 16.6. The van der Waals surface area contributed by atoms with Crippen LogP contribution in [0.25, 0.3) is 16.9 Å². The highest BCUT2D eigenvalue weighted by molar-refractivity contribution is 6.04. The molecule has 0 saturated heterocycles. The van der Waals surface area contributed by atoms with Crippen LogP contribution in [0.15, 0.2) is 66.2 Å². The summed E-state index contributed by atoms with van der Waals surface area (Å²) in [5.74, 6) is 0.916. The van der Waals surface area contributed by atoms with Gasteiger partial charge in [0.2, 0.25) is 0 Å². The summed E-state index contributed by atoms with van der Waals surface area (Å²) in [6.45, 7) is -0.149. The lowest BCUT2D eigenvalue weighted by atomic mass is 10.1. The molecule has 0 atom stereocenters. The fourth-order valence-corrected chi connectivity index (χ4v) is 3.93. The maximum atomic E-state index is 11.3. The number of fused-ring (bicyclic) bond motifs is 2. The van der Waals surface area contributed by atoms with Crippen LogP contribution in [-0.2, 0) is 16.0 Å². The summed E-state index contributed by atoms with van der Waals surface area (Å²) in [6, 6.07) is 13.4. The third-order valence-electron chi connectivity index (χ3n) is 5.57. The number of carbonyl (C=O) groups excluding carboxylic acids is 1. The Morgan fingerprint density at radius 2 is 2.06 bits per heavy atom. The van der Waals surface area contributed by atoms with Gasteiger partial charge in [0, 0.05) is 29.2 Å². The van der Waals surface area contributed by atoms with E-state index in [0.717, 1.165) is 46.7 Å². The van der Waals surface area contributed by atoms with Crippen LogP contribution in [0.2, 0.25) is 0 Å². The van der Waals surface area contributed by atoms with Crippen LogP contribution in [0, 0.1) is 0 Å². The Morgan fingerprint density at radius 1 is 1.21 bits per heavy atom. The molecule has 0 spiro atoms. The molecular weight excluding hydrogens is 422 g/mol.